The molecule has 5 heteroatoms. The predicted molar refractivity (Wildman–Crippen MR) is 72.2 cm³/mol. The molecule has 0 aliphatic rings. The quantitative estimate of drug-likeness (QED) is 0.737. The third-order valence-electron chi connectivity index (χ3n) is 2.96. The summed E-state index contributed by atoms with van der Waals surface area (Å²) in [6.07, 6.45) is 0.721. The third kappa shape index (κ3) is 4.33. The number of ether oxygens (including phenoxy) is 2. The SMILES string of the molecule is COC(C)(C)CCOc1ccc(C)cc1B(O)O. The Morgan fingerprint density at radius 3 is 2.50 bits per heavy atom. The number of hydrogen-bond donors (Lipinski definition) is 2. The van der Waals surface area contributed by atoms with Crippen molar-refractivity contribution in [1.29, 1.82) is 0 Å². The zero-order chi connectivity index (χ0) is 13.8. The first-order chi connectivity index (χ1) is 8.35. The lowest BCUT2D eigenvalue weighted by Gasteiger charge is -2.23. The van der Waals surface area contributed by atoms with E-state index in [1.165, 1.54) is 0 Å². The molecule has 0 aliphatic heterocycles. The molecule has 0 spiro atoms. The maximum Gasteiger partial charge on any atom is 0.492 e. The van der Waals surface area contributed by atoms with Crippen LogP contribution in [0, 0.1) is 6.92 Å². The van der Waals surface area contributed by atoms with Crippen LogP contribution in [0.3, 0.4) is 0 Å². The highest BCUT2D eigenvalue weighted by Gasteiger charge is 2.19. The molecule has 18 heavy (non-hydrogen) atoms. The zero-order valence-electron chi connectivity index (χ0n) is 11.4. The van der Waals surface area contributed by atoms with E-state index in [0.717, 1.165) is 12.0 Å². The summed E-state index contributed by atoms with van der Waals surface area (Å²) in [6.45, 7) is 6.31. The van der Waals surface area contributed by atoms with Gasteiger partial charge in [-0.15, -0.1) is 0 Å². The molecular formula is C13H21BO4. The molecule has 100 valence electrons. The van der Waals surface area contributed by atoms with Crippen molar-refractivity contribution >= 4 is 12.6 Å². The van der Waals surface area contributed by atoms with Gasteiger partial charge in [0.2, 0.25) is 0 Å². The molecule has 0 unspecified atom stereocenters. The highest BCUT2D eigenvalue weighted by molar-refractivity contribution is 6.59. The van der Waals surface area contributed by atoms with Crippen LogP contribution in [0.4, 0.5) is 0 Å². The van der Waals surface area contributed by atoms with Crippen LogP contribution in [0.1, 0.15) is 25.8 Å². The molecule has 0 radical (unpaired) electrons. The summed E-state index contributed by atoms with van der Waals surface area (Å²) in [4.78, 5) is 0. The first kappa shape index (κ1) is 15.0. The Morgan fingerprint density at radius 2 is 1.94 bits per heavy atom. The van der Waals surface area contributed by atoms with E-state index in [9.17, 15) is 10.0 Å². The zero-order valence-corrected chi connectivity index (χ0v) is 11.4. The molecule has 4 nitrogen and oxygen atoms in total. The number of hydrogen-bond acceptors (Lipinski definition) is 4. The van der Waals surface area contributed by atoms with E-state index in [2.05, 4.69) is 0 Å². The van der Waals surface area contributed by atoms with Gasteiger partial charge in [0, 0.05) is 19.0 Å². The molecule has 0 bridgehead atoms. The van der Waals surface area contributed by atoms with E-state index in [0.29, 0.717) is 17.8 Å². The van der Waals surface area contributed by atoms with Gasteiger partial charge in [-0.25, -0.2) is 0 Å². The van der Waals surface area contributed by atoms with Crippen molar-refractivity contribution in [3.8, 4) is 5.75 Å². The Balaban J connectivity index is 2.67. The average molecular weight is 252 g/mol. The number of rotatable bonds is 6. The Morgan fingerprint density at radius 1 is 1.28 bits per heavy atom. The molecule has 0 saturated carbocycles. The Kier molecular flexibility index (Phi) is 5.20. The fourth-order valence-corrected chi connectivity index (χ4v) is 1.51. The van der Waals surface area contributed by atoms with E-state index in [1.54, 1.807) is 19.2 Å². The average Bonchev–Trinajstić information content (AvgIpc) is 2.30. The summed E-state index contributed by atoms with van der Waals surface area (Å²) in [5.74, 6) is 0.502. The standard InChI is InChI=1S/C13H21BO4/c1-10-5-6-12(11(9-10)14(15)16)18-8-7-13(2,3)17-4/h5-6,9,15-16H,7-8H2,1-4H3. The van der Waals surface area contributed by atoms with Gasteiger partial charge in [-0.1, -0.05) is 17.7 Å². The molecule has 1 aromatic rings. The van der Waals surface area contributed by atoms with Crippen LogP contribution in [0.5, 0.6) is 5.75 Å². The van der Waals surface area contributed by atoms with Gasteiger partial charge in [0.1, 0.15) is 5.75 Å². The number of methoxy groups -OCH3 is 1. The molecule has 0 aliphatic carbocycles. The van der Waals surface area contributed by atoms with Crippen molar-refractivity contribution in [2.75, 3.05) is 13.7 Å². The molecule has 0 saturated heterocycles. The van der Waals surface area contributed by atoms with Gasteiger partial charge < -0.3 is 19.5 Å². The molecule has 0 heterocycles. The lowest BCUT2D eigenvalue weighted by molar-refractivity contribution is 0.00553. The molecular weight excluding hydrogens is 231 g/mol. The number of aryl methyl sites for hydroxylation is 1. The summed E-state index contributed by atoms with van der Waals surface area (Å²) in [7, 11) is 0.143. The van der Waals surface area contributed by atoms with E-state index < -0.39 is 7.12 Å². The van der Waals surface area contributed by atoms with Crippen molar-refractivity contribution in [3.05, 3.63) is 23.8 Å². The minimum Gasteiger partial charge on any atom is -0.494 e. The highest BCUT2D eigenvalue weighted by Crippen LogP contribution is 2.15. The van der Waals surface area contributed by atoms with Crippen LogP contribution < -0.4 is 10.2 Å². The smallest absolute Gasteiger partial charge is 0.492 e. The van der Waals surface area contributed by atoms with Gasteiger partial charge in [-0.3, -0.25) is 0 Å². The van der Waals surface area contributed by atoms with E-state index in [1.807, 2.05) is 26.8 Å². The predicted octanol–water partition coefficient (Wildman–Crippen LogP) is 0.869. The fraction of sp³-hybridized carbons (Fsp3) is 0.538. The summed E-state index contributed by atoms with van der Waals surface area (Å²) in [5.41, 5.74) is 1.11. The summed E-state index contributed by atoms with van der Waals surface area (Å²) >= 11 is 0. The van der Waals surface area contributed by atoms with Crippen molar-refractivity contribution in [1.82, 2.24) is 0 Å². The molecule has 2 N–H and O–H groups in total. The van der Waals surface area contributed by atoms with Crippen molar-refractivity contribution in [3.63, 3.8) is 0 Å². The van der Waals surface area contributed by atoms with Gasteiger partial charge in [0.15, 0.2) is 0 Å². The Hall–Kier alpha value is -1.04. The van der Waals surface area contributed by atoms with E-state index in [4.69, 9.17) is 9.47 Å². The minimum absolute atomic E-state index is 0.247. The second-order valence-electron chi connectivity index (χ2n) is 4.98. The van der Waals surface area contributed by atoms with Crippen LogP contribution in [-0.2, 0) is 4.74 Å². The van der Waals surface area contributed by atoms with Crippen LogP contribution in [0.2, 0.25) is 0 Å². The Labute approximate surface area is 109 Å². The molecule has 0 atom stereocenters. The Bertz CT molecular complexity index is 391. The monoisotopic (exact) mass is 252 g/mol. The topological polar surface area (TPSA) is 58.9 Å². The first-order valence-electron chi connectivity index (χ1n) is 6.00. The maximum atomic E-state index is 9.29. The van der Waals surface area contributed by atoms with Crippen molar-refractivity contribution in [2.45, 2.75) is 32.8 Å². The fourth-order valence-electron chi connectivity index (χ4n) is 1.51. The summed E-state index contributed by atoms with van der Waals surface area (Å²) < 4.78 is 10.9. The molecule has 0 aromatic heterocycles. The lowest BCUT2D eigenvalue weighted by Crippen LogP contribution is -2.32. The summed E-state index contributed by atoms with van der Waals surface area (Å²) in [6, 6.07) is 5.34. The second kappa shape index (κ2) is 6.23. The van der Waals surface area contributed by atoms with Gasteiger partial charge >= 0.3 is 7.12 Å². The molecule has 0 fully saturated rings. The molecule has 0 amide bonds. The molecule has 1 rings (SSSR count). The van der Waals surface area contributed by atoms with Crippen LogP contribution in [0.25, 0.3) is 0 Å². The largest absolute Gasteiger partial charge is 0.494 e. The molecule has 1 aromatic carbocycles. The third-order valence-corrected chi connectivity index (χ3v) is 2.96. The van der Waals surface area contributed by atoms with E-state index in [-0.39, 0.29) is 5.60 Å². The second-order valence-corrected chi connectivity index (χ2v) is 4.98. The van der Waals surface area contributed by atoms with Gasteiger partial charge in [0.05, 0.1) is 12.2 Å². The van der Waals surface area contributed by atoms with E-state index >= 15 is 0 Å². The normalized spacial score (nSPS) is 11.4. The first-order valence-corrected chi connectivity index (χ1v) is 6.00. The maximum absolute atomic E-state index is 9.29. The van der Waals surface area contributed by atoms with Gasteiger partial charge in [-0.2, -0.15) is 0 Å². The minimum atomic E-state index is -1.52. The van der Waals surface area contributed by atoms with Crippen LogP contribution in [-0.4, -0.2) is 36.5 Å². The van der Waals surface area contributed by atoms with Crippen LogP contribution in [0.15, 0.2) is 18.2 Å². The highest BCUT2D eigenvalue weighted by atomic mass is 16.5. The lowest BCUT2D eigenvalue weighted by atomic mass is 9.79. The van der Waals surface area contributed by atoms with Crippen molar-refractivity contribution in [2.24, 2.45) is 0 Å². The van der Waals surface area contributed by atoms with Crippen LogP contribution >= 0.6 is 0 Å². The van der Waals surface area contributed by atoms with Gasteiger partial charge in [-0.05, 0) is 26.8 Å². The summed E-state index contributed by atoms with van der Waals surface area (Å²) in [5, 5.41) is 18.6. The number of benzene rings is 1. The van der Waals surface area contributed by atoms with Gasteiger partial charge in [0.25, 0.3) is 0 Å². The van der Waals surface area contributed by atoms with Crippen molar-refractivity contribution < 1.29 is 19.5 Å².